The second-order valence-electron chi connectivity index (χ2n) is 3.75. The average molecular weight is 315 g/mol. The summed E-state index contributed by atoms with van der Waals surface area (Å²) in [5.74, 6) is 0. The lowest BCUT2D eigenvalue weighted by atomic mass is 10.1. The van der Waals surface area contributed by atoms with Crippen LogP contribution in [0.2, 0.25) is 0 Å². The van der Waals surface area contributed by atoms with Crippen molar-refractivity contribution in [1.29, 1.82) is 0 Å². The van der Waals surface area contributed by atoms with E-state index in [-0.39, 0.29) is 0 Å². The topological polar surface area (TPSA) is 3.24 Å². The minimum atomic E-state index is 0.673. The molecular formula is C10H21Br2N. The van der Waals surface area contributed by atoms with Gasteiger partial charge >= 0.3 is 0 Å². The third kappa shape index (κ3) is 10.8. The van der Waals surface area contributed by atoms with Crippen molar-refractivity contribution in [1.82, 2.24) is 4.90 Å². The maximum atomic E-state index is 3.70. The van der Waals surface area contributed by atoms with E-state index in [2.05, 4.69) is 50.9 Å². The van der Waals surface area contributed by atoms with Crippen LogP contribution in [0, 0.1) is 0 Å². The van der Waals surface area contributed by atoms with E-state index < -0.39 is 0 Å². The van der Waals surface area contributed by atoms with E-state index in [1.807, 2.05) is 0 Å². The third-order valence-corrected chi connectivity index (χ3v) is 3.27. The van der Waals surface area contributed by atoms with E-state index >= 15 is 0 Å². The maximum Gasteiger partial charge on any atom is 0.0272 e. The molecule has 0 aromatic carbocycles. The molecule has 0 N–H and O–H groups in total. The quantitative estimate of drug-likeness (QED) is 0.488. The summed E-state index contributed by atoms with van der Waals surface area (Å²) in [6.45, 7) is 1.15. The Morgan fingerprint density at radius 3 is 2.23 bits per heavy atom. The largest absolute Gasteiger partial charge is 0.308 e. The second kappa shape index (κ2) is 9.47. The summed E-state index contributed by atoms with van der Waals surface area (Å²) in [7, 11) is 4.25. The highest BCUT2D eigenvalue weighted by atomic mass is 79.9. The Labute approximate surface area is 99.5 Å². The number of halogens is 2. The number of nitrogens with zero attached hydrogens (tertiary/aromatic N) is 1. The molecule has 0 aliphatic carbocycles. The lowest BCUT2D eigenvalue weighted by molar-refractivity contribution is 0.399. The fraction of sp³-hybridized carbons (Fsp3) is 1.00. The summed E-state index contributed by atoms with van der Waals surface area (Å²) in [5.41, 5.74) is 0. The van der Waals surface area contributed by atoms with Crippen LogP contribution in [0.1, 0.15) is 32.1 Å². The molecule has 0 fully saturated rings. The van der Waals surface area contributed by atoms with Gasteiger partial charge in [0, 0.05) is 16.7 Å². The first-order valence-corrected chi connectivity index (χ1v) is 7.05. The van der Waals surface area contributed by atoms with Crippen LogP contribution in [0.5, 0.6) is 0 Å². The van der Waals surface area contributed by atoms with Gasteiger partial charge in [0.25, 0.3) is 0 Å². The highest BCUT2D eigenvalue weighted by molar-refractivity contribution is 9.09. The van der Waals surface area contributed by atoms with Crippen LogP contribution in [0.15, 0.2) is 0 Å². The van der Waals surface area contributed by atoms with Crippen LogP contribution < -0.4 is 0 Å². The van der Waals surface area contributed by atoms with E-state index in [1.54, 1.807) is 0 Å². The van der Waals surface area contributed by atoms with Crippen molar-refractivity contribution in [3.63, 3.8) is 0 Å². The van der Waals surface area contributed by atoms with Crippen LogP contribution in [0.3, 0.4) is 0 Å². The zero-order valence-electron chi connectivity index (χ0n) is 8.73. The van der Waals surface area contributed by atoms with Gasteiger partial charge in [-0.15, -0.1) is 0 Å². The molecule has 0 aromatic heterocycles. The summed E-state index contributed by atoms with van der Waals surface area (Å²) in [5, 5.41) is 1.16. The van der Waals surface area contributed by atoms with Crippen molar-refractivity contribution in [3.8, 4) is 0 Å². The van der Waals surface area contributed by atoms with Crippen LogP contribution in [0.4, 0.5) is 0 Å². The summed E-state index contributed by atoms with van der Waals surface area (Å²) in [4.78, 5) is 2.91. The normalized spacial score (nSPS) is 13.6. The molecule has 1 atom stereocenters. The predicted molar refractivity (Wildman–Crippen MR) is 68.1 cm³/mol. The van der Waals surface area contributed by atoms with E-state index in [4.69, 9.17) is 0 Å². The van der Waals surface area contributed by atoms with E-state index in [1.165, 1.54) is 32.1 Å². The summed E-state index contributed by atoms with van der Waals surface area (Å²) in [6.07, 6.45) is 6.73. The summed E-state index contributed by atoms with van der Waals surface area (Å²) >= 11 is 7.14. The molecule has 3 heteroatoms. The van der Waals surface area contributed by atoms with E-state index in [9.17, 15) is 0 Å². The Bertz CT molecular complexity index is 107. The van der Waals surface area contributed by atoms with Gasteiger partial charge in [0.15, 0.2) is 0 Å². The first-order chi connectivity index (χ1) is 6.16. The SMILES string of the molecule is CN(C)CC(Br)CCCCCCBr. The average Bonchev–Trinajstić information content (AvgIpc) is 2.02. The number of hydrogen-bond acceptors (Lipinski definition) is 1. The third-order valence-electron chi connectivity index (χ3n) is 1.96. The molecular weight excluding hydrogens is 294 g/mol. The van der Waals surface area contributed by atoms with Gasteiger partial charge in [-0.3, -0.25) is 0 Å². The molecule has 0 aliphatic heterocycles. The van der Waals surface area contributed by atoms with Crippen LogP contribution in [0.25, 0.3) is 0 Å². The molecule has 13 heavy (non-hydrogen) atoms. The Balaban J connectivity index is 3.12. The lowest BCUT2D eigenvalue weighted by Gasteiger charge is -2.14. The summed E-state index contributed by atoms with van der Waals surface area (Å²) in [6, 6.07) is 0. The standard InChI is InChI=1S/C10H21Br2N/c1-13(2)9-10(12)7-5-3-4-6-8-11/h10H,3-9H2,1-2H3. The second-order valence-corrected chi connectivity index (χ2v) is 5.84. The molecule has 1 nitrogen and oxygen atoms in total. The van der Waals surface area contributed by atoms with Gasteiger partial charge in [-0.05, 0) is 26.9 Å². The molecule has 80 valence electrons. The fourth-order valence-electron chi connectivity index (χ4n) is 1.30. The predicted octanol–water partition coefficient (Wildman–Crippen LogP) is 3.66. The Morgan fingerprint density at radius 2 is 1.69 bits per heavy atom. The van der Waals surface area contributed by atoms with Gasteiger partial charge in [-0.25, -0.2) is 0 Å². The molecule has 0 amide bonds. The minimum Gasteiger partial charge on any atom is -0.308 e. The maximum absolute atomic E-state index is 3.70. The van der Waals surface area contributed by atoms with Crippen molar-refractivity contribution in [2.45, 2.75) is 36.9 Å². The molecule has 1 unspecified atom stereocenters. The van der Waals surface area contributed by atoms with Crippen LogP contribution >= 0.6 is 31.9 Å². The molecule has 0 spiro atoms. The molecule has 0 aromatic rings. The monoisotopic (exact) mass is 313 g/mol. The number of rotatable bonds is 8. The Morgan fingerprint density at radius 1 is 1.08 bits per heavy atom. The van der Waals surface area contributed by atoms with Gasteiger partial charge in [0.05, 0.1) is 0 Å². The zero-order chi connectivity index (χ0) is 10.1. The van der Waals surface area contributed by atoms with E-state index in [0.29, 0.717) is 4.83 Å². The molecule has 0 aliphatic rings. The molecule has 0 radical (unpaired) electrons. The molecule has 0 saturated carbocycles. The first-order valence-electron chi connectivity index (χ1n) is 5.01. The van der Waals surface area contributed by atoms with Gasteiger partial charge in [0.1, 0.15) is 0 Å². The van der Waals surface area contributed by atoms with Crippen molar-refractivity contribution in [3.05, 3.63) is 0 Å². The number of alkyl halides is 2. The van der Waals surface area contributed by atoms with Crippen molar-refractivity contribution in [2.24, 2.45) is 0 Å². The van der Waals surface area contributed by atoms with Crippen molar-refractivity contribution < 1.29 is 0 Å². The van der Waals surface area contributed by atoms with Gasteiger partial charge in [0.2, 0.25) is 0 Å². The van der Waals surface area contributed by atoms with E-state index in [0.717, 1.165) is 11.9 Å². The van der Waals surface area contributed by atoms with Gasteiger partial charge < -0.3 is 4.90 Å². The van der Waals surface area contributed by atoms with Gasteiger partial charge in [-0.2, -0.15) is 0 Å². The molecule has 0 saturated heterocycles. The molecule has 0 bridgehead atoms. The van der Waals surface area contributed by atoms with Crippen molar-refractivity contribution in [2.75, 3.05) is 26.0 Å². The highest BCUT2D eigenvalue weighted by Gasteiger charge is 2.04. The smallest absolute Gasteiger partial charge is 0.0272 e. The van der Waals surface area contributed by atoms with Gasteiger partial charge in [-0.1, -0.05) is 51.1 Å². The molecule has 0 rings (SSSR count). The van der Waals surface area contributed by atoms with Crippen LogP contribution in [-0.2, 0) is 0 Å². The summed E-state index contributed by atoms with van der Waals surface area (Å²) < 4.78 is 0. The minimum absolute atomic E-state index is 0.673. The zero-order valence-corrected chi connectivity index (χ0v) is 11.9. The fourth-order valence-corrected chi connectivity index (χ4v) is 2.60. The lowest BCUT2D eigenvalue weighted by Crippen LogP contribution is -2.21. The highest BCUT2D eigenvalue weighted by Crippen LogP contribution is 2.12. The Hall–Kier alpha value is 0.920. The Kier molecular flexibility index (Phi) is 10.1. The number of unbranched alkanes of at least 4 members (excludes halogenated alkanes) is 3. The van der Waals surface area contributed by atoms with Crippen molar-refractivity contribution >= 4 is 31.9 Å². The van der Waals surface area contributed by atoms with Crippen LogP contribution in [-0.4, -0.2) is 35.7 Å². The molecule has 0 heterocycles. The number of hydrogen-bond donors (Lipinski definition) is 0. The first kappa shape index (κ1) is 13.9.